The van der Waals surface area contributed by atoms with Crippen LogP contribution in [0.2, 0.25) is 18.6 Å². The Morgan fingerprint density at radius 1 is 1.00 bits per heavy atom. The molecule has 0 radical (unpaired) electrons. The fourth-order valence-corrected chi connectivity index (χ4v) is 11.3. The van der Waals surface area contributed by atoms with E-state index in [1.807, 2.05) is 117 Å². The van der Waals surface area contributed by atoms with Crippen molar-refractivity contribution < 1.29 is 24.2 Å². The number of carbonyl (C=O) groups excluding carboxylic acids is 1. The molecule has 0 saturated carbocycles. The summed E-state index contributed by atoms with van der Waals surface area (Å²) >= 11 is 0. The standard InChI is InChI=1S/C41H44N6O6Si/c1-26-38(54(3,4)51)37(20-21-45-24-35(42-44-45)32(25-48)28-10-6-5-7-11-28)53-41(26)33-22-30(52-2)18-19-36(33)46(40(41)50)23-27-14-16-29(17-15-27)47-39(49)31-12-8-9-13-34(31)43-47/h5-19,22,24,26,32,37-38,43,48,51H,20-21,23,25H2,1-4H3/t26-,32?,37+,38-,41+/m1/s1. The Morgan fingerprint density at radius 3 is 2.44 bits per heavy atom. The number of benzene rings is 4. The lowest BCUT2D eigenvalue weighted by atomic mass is 9.82. The van der Waals surface area contributed by atoms with Crippen LogP contribution in [0.1, 0.15) is 41.6 Å². The zero-order chi connectivity index (χ0) is 37.8. The van der Waals surface area contributed by atoms with Crippen LogP contribution in [0.25, 0.3) is 16.6 Å². The molecule has 4 heterocycles. The third-order valence-electron chi connectivity index (χ3n) is 11.3. The van der Waals surface area contributed by atoms with Crippen LogP contribution in [0.15, 0.2) is 108 Å². The first-order valence-electron chi connectivity index (χ1n) is 18.3. The highest BCUT2D eigenvalue weighted by Crippen LogP contribution is 2.60. The summed E-state index contributed by atoms with van der Waals surface area (Å²) in [6.07, 6.45) is 1.90. The number of aryl methyl sites for hydroxylation is 1. The van der Waals surface area contributed by atoms with Crippen molar-refractivity contribution >= 4 is 30.8 Å². The quantitative estimate of drug-likeness (QED) is 0.148. The van der Waals surface area contributed by atoms with Gasteiger partial charge >= 0.3 is 0 Å². The van der Waals surface area contributed by atoms with E-state index in [2.05, 4.69) is 15.4 Å². The molecule has 5 atom stereocenters. The molecule has 3 N–H and O–H groups in total. The van der Waals surface area contributed by atoms with Gasteiger partial charge in [0.15, 0.2) is 13.9 Å². The Labute approximate surface area is 313 Å². The molecule has 1 unspecified atom stereocenters. The predicted molar refractivity (Wildman–Crippen MR) is 207 cm³/mol. The number of aliphatic hydroxyl groups excluding tert-OH is 1. The zero-order valence-corrected chi connectivity index (χ0v) is 31.7. The molecule has 8 rings (SSSR count). The van der Waals surface area contributed by atoms with E-state index in [1.54, 1.807) is 22.8 Å². The smallest absolute Gasteiger partial charge is 0.279 e. The molecular formula is C41H44N6O6Si. The summed E-state index contributed by atoms with van der Waals surface area (Å²) in [7, 11) is -1.31. The molecule has 4 aromatic carbocycles. The van der Waals surface area contributed by atoms with Crippen LogP contribution >= 0.6 is 0 Å². The van der Waals surface area contributed by atoms with E-state index in [0.717, 1.165) is 27.9 Å². The molecule has 2 aliphatic rings. The number of H-pyrrole nitrogens is 1. The topological polar surface area (TPSA) is 148 Å². The van der Waals surface area contributed by atoms with E-state index in [0.29, 0.717) is 35.5 Å². The number of ether oxygens (including phenoxy) is 2. The van der Waals surface area contributed by atoms with E-state index in [-0.39, 0.29) is 42.0 Å². The van der Waals surface area contributed by atoms with Crippen LogP contribution < -0.4 is 15.2 Å². The van der Waals surface area contributed by atoms with Crippen LogP contribution in [-0.4, -0.2) is 68.7 Å². The molecule has 2 aliphatic heterocycles. The normalized spacial score (nSPS) is 21.6. The van der Waals surface area contributed by atoms with E-state index >= 15 is 0 Å². The van der Waals surface area contributed by atoms with Crippen LogP contribution in [-0.2, 0) is 28.2 Å². The highest BCUT2D eigenvalue weighted by Gasteiger charge is 2.66. The zero-order valence-electron chi connectivity index (χ0n) is 30.7. The van der Waals surface area contributed by atoms with Crippen LogP contribution in [0.3, 0.4) is 0 Å². The number of rotatable bonds is 11. The number of methoxy groups -OCH3 is 1. The summed E-state index contributed by atoms with van der Waals surface area (Å²) in [5.41, 5.74) is 3.66. The Balaban J connectivity index is 1.08. The van der Waals surface area contributed by atoms with Crippen molar-refractivity contribution in [2.45, 2.75) is 62.7 Å². The van der Waals surface area contributed by atoms with Gasteiger partial charge in [0.1, 0.15) is 5.75 Å². The van der Waals surface area contributed by atoms with Gasteiger partial charge in [-0.05, 0) is 73.1 Å². The van der Waals surface area contributed by atoms with Gasteiger partial charge in [-0.25, -0.2) is 4.68 Å². The summed E-state index contributed by atoms with van der Waals surface area (Å²) in [6, 6.07) is 30.4. The average Bonchev–Trinajstić information content (AvgIpc) is 3.92. The molecule has 12 nitrogen and oxygen atoms in total. The number of nitrogens with one attached hydrogen (secondary N) is 1. The van der Waals surface area contributed by atoms with Crippen LogP contribution in [0, 0.1) is 5.92 Å². The number of amides is 1. The van der Waals surface area contributed by atoms with E-state index in [9.17, 15) is 19.5 Å². The third-order valence-corrected chi connectivity index (χ3v) is 13.8. The van der Waals surface area contributed by atoms with Crippen molar-refractivity contribution in [3.63, 3.8) is 0 Å². The van der Waals surface area contributed by atoms with Crippen molar-refractivity contribution in [2.75, 3.05) is 18.6 Å². The first kappa shape index (κ1) is 35.7. The van der Waals surface area contributed by atoms with Crippen molar-refractivity contribution in [1.82, 2.24) is 24.8 Å². The number of anilines is 1. The van der Waals surface area contributed by atoms with Crippen LogP contribution in [0.4, 0.5) is 5.69 Å². The highest BCUT2D eigenvalue weighted by atomic mass is 28.4. The monoisotopic (exact) mass is 744 g/mol. The molecule has 13 heteroatoms. The van der Waals surface area contributed by atoms with Gasteiger partial charge in [-0.15, -0.1) is 5.10 Å². The van der Waals surface area contributed by atoms with Crippen molar-refractivity contribution in [3.05, 3.63) is 136 Å². The summed E-state index contributed by atoms with van der Waals surface area (Å²) in [5.74, 6) is -0.225. The van der Waals surface area contributed by atoms with E-state index in [4.69, 9.17) is 9.47 Å². The molecule has 278 valence electrons. The number of aromatic nitrogens is 5. The van der Waals surface area contributed by atoms with Crippen molar-refractivity contribution in [1.29, 1.82) is 0 Å². The van der Waals surface area contributed by atoms with Gasteiger partial charge in [-0.1, -0.05) is 66.7 Å². The van der Waals surface area contributed by atoms with Gasteiger partial charge in [-0.2, -0.15) is 0 Å². The maximum Gasteiger partial charge on any atom is 0.279 e. The predicted octanol–water partition coefficient (Wildman–Crippen LogP) is 5.48. The van der Waals surface area contributed by atoms with E-state index in [1.165, 1.54) is 4.68 Å². The number of carbonyl (C=O) groups is 1. The average molecular weight is 745 g/mol. The molecule has 2 aromatic heterocycles. The number of aromatic amines is 1. The van der Waals surface area contributed by atoms with Gasteiger partial charge in [0, 0.05) is 29.8 Å². The maximum atomic E-state index is 15.0. The van der Waals surface area contributed by atoms with Gasteiger partial charge in [0.05, 0.1) is 60.3 Å². The molecule has 1 saturated heterocycles. The number of hydrogen-bond acceptors (Lipinski definition) is 8. The highest BCUT2D eigenvalue weighted by molar-refractivity contribution is 6.71. The SMILES string of the molecule is COc1ccc2c(c1)[C@]1(O[C@@H](CCn3cc(C(CO)c4ccccc4)nn3)[C@H]([Si](C)(C)O)[C@H]1C)C(=O)N2Cc1ccc(-n2[nH]c3ccccc3c2=O)cc1. The first-order chi connectivity index (χ1) is 26.0. The number of para-hydroxylation sites is 1. The minimum atomic E-state index is -2.91. The molecule has 54 heavy (non-hydrogen) atoms. The van der Waals surface area contributed by atoms with Gasteiger partial charge in [-0.3, -0.25) is 19.4 Å². The lowest BCUT2D eigenvalue weighted by Gasteiger charge is -2.32. The Morgan fingerprint density at radius 2 is 1.74 bits per heavy atom. The summed E-state index contributed by atoms with van der Waals surface area (Å²) in [4.78, 5) is 41.6. The Hall–Kier alpha value is -5.34. The summed E-state index contributed by atoms with van der Waals surface area (Å²) < 4.78 is 16.0. The fourth-order valence-electron chi connectivity index (χ4n) is 8.68. The number of fused-ring (bicyclic) bond motifs is 3. The second-order valence-corrected chi connectivity index (χ2v) is 18.9. The van der Waals surface area contributed by atoms with Crippen molar-refractivity contribution in [2.24, 2.45) is 5.92 Å². The second kappa shape index (κ2) is 13.8. The number of nitrogens with zero attached hydrogens (tertiary/aromatic N) is 5. The molecule has 1 spiro atoms. The Bertz CT molecular complexity index is 2370. The third kappa shape index (κ3) is 5.97. The molecule has 0 bridgehead atoms. The molecule has 1 fully saturated rings. The second-order valence-electron chi connectivity index (χ2n) is 14.9. The summed E-state index contributed by atoms with van der Waals surface area (Å²) in [6.45, 7) is 6.47. The maximum absolute atomic E-state index is 15.0. The van der Waals surface area contributed by atoms with Crippen LogP contribution in [0.5, 0.6) is 5.75 Å². The number of hydrogen-bond donors (Lipinski definition) is 3. The fraction of sp³-hybridized carbons (Fsp3) is 0.317. The lowest BCUT2D eigenvalue weighted by Crippen LogP contribution is -2.46. The largest absolute Gasteiger partial charge is 0.497 e. The Kier molecular flexibility index (Phi) is 9.13. The van der Waals surface area contributed by atoms with Crippen molar-refractivity contribution in [3.8, 4) is 11.4 Å². The minimum absolute atomic E-state index is 0.101. The minimum Gasteiger partial charge on any atom is -0.497 e. The van der Waals surface area contributed by atoms with Gasteiger partial charge in [0.25, 0.3) is 11.5 Å². The van der Waals surface area contributed by atoms with E-state index < -0.39 is 20.0 Å². The summed E-state index contributed by atoms with van der Waals surface area (Å²) in [5, 5.41) is 22.7. The molecule has 6 aromatic rings. The molecular weight excluding hydrogens is 701 g/mol. The molecule has 0 aliphatic carbocycles. The van der Waals surface area contributed by atoms with Gasteiger partial charge in [0.2, 0.25) is 0 Å². The van der Waals surface area contributed by atoms with Gasteiger partial charge < -0.3 is 24.3 Å². The number of aliphatic hydroxyl groups is 1. The first-order valence-corrected chi connectivity index (χ1v) is 21.3. The lowest BCUT2D eigenvalue weighted by molar-refractivity contribution is -0.146. The molecule has 1 amide bonds.